The van der Waals surface area contributed by atoms with Gasteiger partial charge in [-0.3, -0.25) is 4.79 Å². The standard InChI is InChI=1S/C18H20ClFN2O3/c1-10-13(9-21)16(12-5-4-11(20)8-14(12)19)18(2,17(23)24)15(22-10)6-7-25-3/h4-5,8,15-16,22H,6-7H2,1-3H3,(H,23,24). The van der Waals surface area contributed by atoms with Gasteiger partial charge in [-0.05, 0) is 38.0 Å². The molecule has 0 saturated carbocycles. The number of nitrogens with zero attached hydrogens (tertiary/aromatic N) is 1. The molecule has 5 nitrogen and oxygen atoms in total. The van der Waals surface area contributed by atoms with Gasteiger partial charge < -0.3 is 15.2 Å². The maximum absolute atomic E-state index is 13.5. The Morgan fingerprint density at radius 2 is 2.24 bits per heavy atom. The molecule has 0 radical (unpaired) electrons. The number of carbonyl (C=O) groups is 1. The van der Waals surface area contributed by atoms with Crippen LogP contribution >= 0.6 is 11.6 Å². The van der Waals surface area contributed by atoms with E-state index in [1.807, 2.05) is 0 Å². The largest absolute Gasteiger partial charge is 0.481 e. The lowest BCUT2D eigenvalue weighted by atomic mass is 9.62. The Labute approximate surface area is 151 Å². The molecule has 2 rings (SSSR count). The van der Waals surface area contributed by atoms with Gasteiger partial charge in [0.15, 0.2) is 0 Å². The van der Waals surface area contributed by atoms with Crippen LogP contribution < -0.4 is 5.32 Å². The highest BCUT2D eigenvalue weighted by molar-refractivity contribution is 6.31. The molecule has 1 aliphatic rings. The number of methoxy groups -OCH3 is 1. The number of nitrogens with one attached hydrogen (secondary N) is 1. The molecule has 3 unspecified atom stereocenters. The van der Waals surface area contributed by atoms with Crippen LogP contribution in [0.15, 0.2) is 29.5 Å². The monoisotopic (exact) mass is 366 g/mol. The molecule has 0 aromatic heterocycles. The van der Waals surface area contributed by atoms with Gasteiger partial charge in [0, 0.05) is 36.4 Å². The van der Waals surface area contributed by atoms with Gasteiger partial charge in [0.1, 0.15) is 5.82 Å². The number of nitriles is 1. The summed E-state index contributed by atoms with van der Waals surface area (Å²) in [5.74, 6) is -2.38. The third-order valence-corrected chi connectivity index (χ3v) is 5.20. The Bertz CT molecular complexity index is 759. The molecule has 1 aliphatic heterocycles. The van der Waals surface area contributed by atoms with E-state index in [-0.39, 0.29) is 10.6 Å². The van der Waals surface area contributed by atoms with Gasteiger partial charge in [-0.15, -0.1) is 0 Å². The lowest BCUT2D eigenvalue weighted by molar-refractivity contribution is -0.151. The van der Waals surface area contributed by atoms with Crippen molar-refractivity contribution >= 4 is 17.6 Å². The molecule has 3 atom stereocenters. The molecule has 0 amide bonds. The minimum atomic E-state index is -1.36. The first-order chi connectivity index (χ1) is 11.8. The number of benzene rings is 1. The first-order valence-electron chi connectivity index (χ1n) is 7.82. The van der Waals surface area contributed by atoms with Crippen molar-refractivity contribution in [1.29, 1.82) is 5.26 Å². The van der Waals surface area contributed by atoms with E-state index in [1.165, 1.54) is 12.1 Å². The fourth-order valence-electron chi connectivity index (χ4n) is 3.45. The number of carboxylic acids is 1. The lowest BCUT2D eigenvalue weighted by Gasteiger charge is -2.45. The number of hydrogen-bond acceptors (Lipinski definition) is 4. The summed E-state index contributed by atoms with van der Waals surface area (Å²) in [4.78, 5) is 12.2. The maximum Gasteiger partial charge on any atom is 0.312 e. The second-order valence-corrected chi connectivity index (χ2v) is 6.72. The van der Waals surface area contributed by atoms with E-state index in [9.17, 15) is 19.6 Å². The zero-order valence-electron chi connectivity index (χ0n) is 14.3. The molecule has 1 heterocycles. The molecule has 1 aromatic carbocycles. The van der Waals surface area contributed by atoms with Crippen LogP contribution in [0.2, 0.25) is 5.02 Å². The molecule has 0 spiro atoms. The second kappa shape index (κ2) is 7.42. The van der Waals surface area contributed by atoms with Gasteiger partial charge in [0.2, 0.25) is 0 Å². The molecule has 0 bridgehead atoms. The summed E-state index contributed by atoms with van der Waals surface area (Å²) in [5, 5.41) is 22.9. The number of halogens is 2. The molecule has 0 saturated heterocycles. The molecule has 2 N–H and O–H groups in total. The number of aliphatic carboxylic acids is 1. The predicted octanol–water partition coefficient (Wildman–Crippen LogP) is 3.46. The molecule has 25 heavy (non-hydrogen) atoms. The molecular formula is C18H20ClFN2O3. The van der Waals surface area contributed by atoms with Crippen LogP contribution in [-0.2, 0) is 9.53 Å². The van der Waals surface area contributed by atoms with E-state index in [1.54, 1.807) is 21.0 Å². The van der Waals surface area contributed by atoms with Crippen molar-refractivity contribution in [2.75, 3.05) is 13.7 Å². The maximum atomic E-state index is 13.5. The minimum Gasteiger partial charge on any atom is -0.481 e. The number of carboxylic acid groups (broad SMARTS) is 1. The first kappa shape index (κ1) is 19.2. The van der Waals surface area contributed by atoms with E-state index in [0.717, 1.165) is 6.07 Å². The normalized spacial score (nSPS) is 26.1. The van der Waals surface area contributed by atoms with E-state index in [2.05, 4.69) is 11.4 Å². The fourth-order valence-corrected chi connectivity index (χ4v) is 3.73. The Kier molecular flexibility index (Phi) is 5.71. The van der Waals surface area contributed by atoms with Crippen molar-refractivity contribution in [1.82, 2.24) is 5.32 Å². The first-order valence-corrected chi connectivity index (χ1v) is 8.19. The highest BCUT2D eigenvalue weighted by atomic mass is 35.5. The van der Waals surface area contributed by atoms with Crippen molar-refractivity contribution < 1.29 is 19.0 Å². The average molecular weight is 367 g/mol. The van der Waals surface area contributed by atoms with Crippen LogP contribution in [0.5, 0.6) is 0 Å². The topological polar surface area (TPSA) is 82.3 Å². The van der Waals surface area contributed by atoms with Gasteiger partial charge in [-0.2, -0.15) is 5.26 Å². The Morgan fingerprint density at radius 3 is 2.76 bits per heavy atom. The third-order valence-electron chi connectivity index (χ3n) is 4.87. The van der Waals surface area contributed by atoms with E-state index < -0.39 is 29.2 Å². The van der Waals surface area contributed by atoms with E-state index in [0.29, 0.717) is 24.3 Å². The zero-order valence-corrected chi connectivity index (χ0v) is 15.0. The van der Waals surface area contributed by atoms with Crippen molar-refractivity contribution in [3.05, 3.63) is 45.9 Å². The fraction of sp³-hybridized carbons (Fsp3) is 0.444. The quantitative estimate of drug-likeness (QED) is 0.833. The molecule has 1 aromatic rings. The highest BCUT2D eigenvalue weighted by Crippen LogP contribution is 2.50. The van der Waals surface area contributed by atoms with Crippen molar-refractivity contribution in [2.24, 2.45) is 5.41 Å². The van der Waals surface area contributed by atoms with Crippen molar-refractivity contribution in [2.45, 2.75) is 32.2 Å². The molecule has 7 heteroatoms. The average Bonchev–Trinajstić information content (AvgIpc) is 2.55. The Morgan fingerprint density at radius 1 is 1.56 bits per heavy atom. The van der Waals surface area contributed by atoms with Gasteiger partial charge in [0.05, 0.1) is 17.1 Å². The number of rotatable bonds is 5. The van der Waals surface area contributed by atoms with Crippen LogP contribution in [0.25, 0.3) is 0 Å². The van der Waals surface area contributed by atoms with Crippen LogP contribution in [0.4, 0.5) is 4.39 Å². The second-order valence-electron chi connectivity index (χ2n) is 6.32. The van der Waals surface area contributed by atoms with Gasteiger partial charge in [0.25, 0.3) is 0 Å². The van der Waals surface area contributed by atoms with Crippen molar-refractivity contribution in [3.8, 4) is 6.07 Å². The number of hydrogen-bond donors (Lipinski definition) is 2. The molecule has 134 valence electrons. The number of allylic oxidation sites excluding steroid dienone is 2. The summed E-state index contributed by atoms with van der Waals surface area (Å²) >= 11 is 6.21. The van der Waals surface area contributed by atoms with Crippen LogP contribution in [0.3, 0.4) is 0 Å². The van der Waals surface area contributed by atoms with Crippen LogP contribution in [0, 0.1) is 22.6 Å². The minimum absolute atomic E-state index is 0.102. The smallest absolute Gasteiger partial charge is 0.312 e. The van der Waals surface area contributed by atoms with E-state index in [4.69, 9.17) is 16.3 Å². The van der Waals surface area contributed by atoms with Crippen LogP contribution in [0.1, 0.15) is 31.7 Å². The summed E-state index contributed by atoms with van der Waals surface area (Å²) in [7, 11) is 1.54. The molecular weight excluding hydrogens is 347 g/mol. The van der Waals surface area contributed by atoms with Crippen molar-refractivity contribution in [3.63, 3.8) is 0 Å². The SMILES string of the molecule is COCCC1NC(C)=C(C#N)C(c2ccc(F)cc2Cl)C1(C)C(=O)O. The molecule has 0 aliphatic carbocycles. The molecule has 0 fully saturated rings. The number of ether oxygens (including phenoxy) is 1. The summed E-state index contributed by atoms with van der Waals surface area (Å²) < 4.78 is 18.6. The highest BCUT2D eigenvalue weighted by Gasteiger charge is 2.53. The van der Waals surface area contributed by atoms with Crippen LogP contribution in [-0.4, -0.2) is 30.8 Å². The van der Waals surface area contributed by atoms with Gasteiger partial charge >= 0.3 is 5.97 Å². The van der Waals surface area contributed by atoms with Gasteiger partial charge in [-0.25, -0.2) is 4.39 Å². The Balaban J connectivity index is 2.70. The van der Waals surface area contributed by atoms with E-state index >= 15 is 0 Å². The van der Waals surface area contributed by atoms with Gasteiger partial charge in [-0.1, -0.05) is 17.7 Å². The lowest BCUT2D eigenvalue weighted by Crippen LogP contribution is -2.55. The zero-order chi connectivity index (χ0) is 18.8. The summed E-state index contributed by atoms with van der Waals surface area (Å²) in [5.41, 5.74) is -0.0579. The summed E-state index contributed by atoms with van der Waals surface area (Å²) in [6, 6.07) is 5.43. The third kappa shape index (κ3) is 3.35. The predicted molar refractivity (Wildman–Crippen MR) is 91.6 cm³/mol. The summed E-state index contributed by atoms with van der Waals surface area (Å²) in [6.45, 7) is 3.67. The summed E-state index contributed by atoms with van der Waals surface area (Å²) in [6.07, 6.45) is 0.435. The Hall–Kier alpha value is -2.10.